The lowest BCUT2D eigenvalue weighted by Crippen LogP contribution is -2.51. The predicted molar refractivity (Wildman–Crippen MR) is 115 cm³/mol. The van der Waals surface area contributed by atoms with Gasteiger partial charge in [0.15, 0.2) is 0 Å². The van der Waals surface area contributed by atoms with Crippen LogP contribution in [0.25, 0.3) is 6.08 Å². The molecule has 162 valence electrons. The molecule has 1 saturated heterocycles. The Kier molecular flexibility index (Phi) is 9.25. The largest absolute Gasteiger partial charge is 0.356 e. The molecule has 30 heavy (non-hydrogen) atoms. The zero-order chi connectivity index (χ0) is 21.9. The Balaban J connectivity index is 1.97. The van der Waals surface area contributed by atoms with Crippen molar-refractivity contribution in [2.24, 2.45) is 11.8 Å². The van der Waals surface area contributed by atoms with E-state index in [9.17, 15) is 19.2 Å². The van der Waals surface area contributed by atoms with E-state index in [0.29, 0.717) is 25.7 Å². The van der Waals surface area contributed by atoms with Gasteiger partial charge in [-0.3, -0.25) is 14.4 Å². The van der Waals surface area contributed by atoms with Crippen molar-refractivity contribution in [3.8, 4) is 0 Å². The summed E-state index contributed by atoms with van der Waals surface area (Å²) in [4.78, 5) is 48.5. The van der Waals surface area contributed by atoms with Crippen LogP contribution < -0.4 is 16.0 Å². The minimum absolute atomic E-state index is 0.0829. The summed E-state index contributed by atoms with van der Waals surface area (Å²) < 4.78 is 0. The monoisotopic (exact) mass is 413 g/mol. The number of aldehydes is 1. The van der Waals surface area contributed by atoms with Gasteiger partial charge in [-0.05, 0) is 43.2 Å². The summed E-state index contributed by atoms with van der Waals surface area (Å²) in [5, 5.41) is 8.21. The summed E-state index contributed by atoms with van der Waals surface area (Å²) >= 11 is 0. The van der Waals surface area contributed by atoms with Crippen LogP contribution in [0, 0.1) is 11.8 Å². The molecule has 2 rings (SSSR count). The first-order valence-electron chi connectivity index (χ1n) is 10.5. The Morgan fingerprint density at radius 2 is 1.93 bits per heavy atom. The Morgan fingerprint density at radius 1 is 1.20 bits per heavy atom. The first-order chi connectivity index (χ1) is 14.4. The highest BCUT2D eigenvalue weighted by atomic mass is 16.2. The van der Waals surface area contributed by atoms with Crippen LogP contribution in [0.4, 0.5) is 0 Å². The second-order valence-corrected chi connectivity index (χ2v) is 8.05. The van der Waals surface area contributed by atoms with E-state index in [1.165, 1.54) is 6.08 Å². The van der Waals surface area contributed by atoms with Gasteiger partial charge in [0.1, 0.15) is 12.3 Å². The highest BCUT2D eigenvalue weighted by Gasteiger charge is 2.28. The minimum Gasteiger partial charge on any atom is -0.356 e. The third kappa shape index (κ3) is 7.81. The normalized spacial score (nSPS) is 18.5. The van der Waals surface area contributed by atoms with Crippen molar-refractivity contribution in [1.29, 1.82) is 0 Å². The zero-order valence-electron chi connectivity index (χ0n) is 17.6. The van der Waals surface area contributed by atoms with Gasteiger partial charge < -0.3 is 20.7 Å². The molecule has 0 radical (unpaired) electrons. The molecule has 3 atom stereocenters. The molecule has 0 aromatic heterocycles. The molecule has 0 bridgehead atoms. The smallest absolute Gasteiger partial charge is 0.244 e. The van der Waals surface area contributed by atoms with E-state index in [2.05, 4.69) is 16.0 Å². The number of carbonyl (C=O) groups excluding carboxylic acids is 4. The number of piperidine rings is 1. The highest BCUT2D eigenvalue weighted by molar-refractivity contribution is 5.96. The molecule has 1 aliphatic heterocycles. The number of nitrogens with one attached hydrogen (secondary N) is 3. The second-order valence-electron chi connectivity index (χ2n) is 8.05. The molecule has 7 heteroatoms. The Morgan fingerprint density at radius 3 is 2.57 bits per heavy atom. The van der Waals surface area contributed by atoms with Gasteiger partial charge in [-0.25, -0.2) is 0 Å². The SMILES string of the molecule is CC(C)C[C@H](NC(=O)/C=C/c1ccccc1)C(=O)N[C@H](C=O)CC1CCCNC1=O. The van der Waals surface area contributed by atoms with E-state index in [4.69, 9.17) is 0 Å². The third-order valence-electron chi connectivity index (χ3n) is 5.00. The number of amides is 3. The van der Waals surface area contributed by atoms with E-state index in [0.717, 1.165) is 12.0 Å². The molecule has 1 heterocycles. The maximum Gasteiger partial charge on any atom is 0.244 e. The van der Waals surface area contributed by atoms with Gasteiger partial charge in [-0.2, -0.15) is 0 Å². The summed E-state index contributed by atoms with van der Waals surface area (Å²) in [6.45, 7) is 4.55. The fourth-order valence-corrected chi connectivity index (χ4v) is 3.46. The van der Waals surface area contributed by atoms with Gasteiger partial charge in [-0.15, -0.1) is 0 Å². The Hall–Kier alpha value is -2.96. The first kappa shape index (κ1) is 23.3. The number of hydrogen-bond donors (Lipinski definition) is 3. The molecule has 0 aliphatic carbocycles. The van der Waals surface area contributed by atoms with E-state index >= 15 is 0 Å². The Labute approximate surface area is 177 Å². The quantitative estimate of drug-likeness (QED) is 0.402. The van der Waals surface area contributed by atoms with E-state index < -0.39 is 18.0 Å². The summed E-state index contributed by atoms with van der Waals surface area (Å²) in [6.07, 6.45) is 5.97. The number of carbonyl (C=O) groups is 4. The van der Waals surface area contributed by atoms with Crippen LogP contribution in [0.5, 0.6) is 0 Å². The lowest BCUT2D eigenvalue weighted by molar-refractivity contribution is -0.130. The molecule has 1 aliphatic rings. The summed E-state index contributed by atoms with van der Waals surface area (Å²) in [7, 11) is 0. The van der Waals surface area contributed by atoms with Gasteiger partial charge in [-0.1, -0.05) is 44.2 Å². The predicted octanol–water partition coefficient (Wildman–Crippen LogP) is 1.83. The van der Waals surface area contributed by atoms with E-state index in [1.54, 1.807) is 6.08 Å². The maximum absolute atomic E-state index is 12.8. The standard InChI is InChI=1S/C23H31N3O4/c1-16(2)13-20(26-21(28)11-10-17-7-4-3-5-8-17)23(30)25-19(15-27)14-18-9-6-12-24-22(18)29/h3-5,7-8,10-11,15-16,18-20H,6,9,12-14H2,1-2H3,(H,24,29)(H,25,30)(H,26,28)/b11-10+/t18?,19-,20-/m0/s1. The molecule has 7 nitrogen and oxygen atoms in total. The van der Waals surface area contributed by atoms with Gasteiger partial charge in [0, 0.05) is 18.5 Å². The van der Waals surface area contributed by atoms with Crippen LogP contribution in [0.3, 0.4) is 0 Å². The number of benzene rings is 1. The molecular weight excluding hydrogens is 382 g/mol. The van der Waals surface area contributed by atoms with Crippen molar-refractivity contribution < 1.29 is 19.2 Å². The summed E-state index contributed by atoms with van der Waals surface area (Å²) in [6, 6.07) is 7.85. The fraction of sp³-hybridized carbons (Fsp3) is 0.478. The zero-order valence-corrected chi connectivity index (χ0v) is 17.6. The first-order valence-corrected chi connectivity index (χ1v) is 10.5. The molecule has 0 saturated carbocycles. The molecule has 3 N–H and O–H groups in total. The number of hydrogen-bond acceptors (Lipinski definition) is 4. The molecule has 1 aromatic rings. The average Bonchev–Trinajstić information content (AvgIpc) is 2.73. The van der Waals surface area contributed by atoms with Crippen LogP contribution in [0.15, 0.2) is 36.4 Å². The minimum atomic E-state index is -0.766. The van der Waals surface area contributed by atoms with Crippen molar-refractivity contribution in [3.05, 3.63) is 42.0 Å². The molecule has 1 fully saturated rings. The van der Waals surface area contributed by atoms with Crippen molar-refractivity contribution in [1.82, 2.24) is 16.0 Å². The maximum atomic E-state index is 12.8. The molecular formula is C23H31N3O4. The van der Waals surface area contributed by atoms with Crippen LogP contribution in [-0.4, -0.2) is 42.6 Å². The van der Waals surface area contributed by atoms with Crippen LogP contribution in [-0.2, 0) is 19.2 Å². The highest BCUT2D eigenvalue weighted by Crippen LogP contribution is 2.17. The lowest BCUT2D eigenvalue weighted by atomic mass is 9.91. The lowest BCUT2D eigenvalue weighted by Gasteiger charge is -2.26. The fourth-order valence-electron chi connectivity index (χ4n) is 3.46. The van der Waals surface area contributed by atoms with Gasteiger partial charge in [0.25, 0.3) is 0 Å². The second kappa shape index (κ2) is 11.9. The molecule has 0 spiro atoms. The van der Waals surface area contributed by atoms with Gasteiger partial charge >= 0.3 is 0 Å². The summed E-state index contributed by atoms with van der Waals surface area (Å²) in [5.41, 5.74) is 0.879. The summed E-state index contributed by atoms with van der Waals surface area (Å²) in [5.74, 6) is -1.01. The third-order valence-corrected chi connectivity index (χ3v) is 5.00. The van der Waals surface area contributed by atoms with Crippen molar-refractivity contribution >= 4 is 30.1 Å². The van der Waals surface area contributed by atoms with Gasteiger partial charge in [0.05, 0.1) is 6.04 Å². The Bertz CT molecular complexity index is 761. The van der Waals surface area contributed by atoms with Gasteiger partial charge in [0.2, 0.25) is 17.7 Å². The molecule has 3 amide bonds. The average molecular weight is 414 g/mol. The van der Waals surface area contributed by atoms with Crippen LogP contribution in [0.2, 0.25) is 0 Å². The molecule has 1 aromatic carbocycles. The topological polar surface area (TPSA) is 104 Å². The van der Waals surface area contributed by atoms with Crippen LogP contribution >= 0.6 is 0 Å². The van der Waals surface area contributed by atoms with Crippen LogP contribution in [0.1, 0.15) is 45.1 Å². The van der Waals surface area contributed by atoms with Crippen molar-refractivity contribution in [2.75, 3.05) is 6.54 Å². The van der Waals surface area contributed by atoms with E-state index in [-0.39, 0.29) is 30.1 Å². The number of rotatable bonds is 10. The molecule has 1 unspecified atom stereocenters. The van der Waals surface area contributed by atoms with E-state index in [1.807, 2.05) is 44.2 Å². The van der Waals surface area contributed by atoms with Crippen molar-refractivity contribution in [3.63, 3.8) is 0 Å². The van der Waals surface area contributed by atoms with Crippen molar-refractivity contribution in [2.45, 2.75) is 51.6 Å².